The average Bonchev–Trinajstić information content (AvgIpc) is 2.41. The van der Waals surface area contributed by atoms with Gasteiger partial charge in [-0.25, -0.2) is 0 Å². The molecule has 0 aromatic heterocycles. The molecule has 0 aliphatic heterocycles. The maximum Gasteiger partial charge on any atom is 0.305 e. The van der Waals surface area contributed by atoms with Gasteiger partial charge < -0.3 is 15.2 Å². The quantitative estimate of drug-likeness (QED) is 0.565. The van der Waals surface area contributed by atoms with Crippen molar-refractivity contribution in [3.63, 3.8) is 0 Å². The number of carbonyl (C=O) groups excluding carboxylic acids is 1. The van der Waals surface area contributed by atoms with Crippen molar-refractivity contribution in [1.82, 2.24) is 5.32 Å². The summed E-state index contributed by atoms with van der Waals surface area (Å²) in [5.74, 6) is -0.284. The summed E-state index contributed by atoms with van der Waals surface area (Å²) < 4.78 is 5.59. The van der Waals surface area contributed by atoms with Crippen molar-refractivity contribution in [2.45, 2.75) is 25.4 Å². The van der Waals surface area contributed by atoms with Gasteiger partial charge in [-0.1, -0.05) is 28.1 Å². The number of hydrogen-bond donors (Lipinski definition) is 2. The minimum Gasteiger partial charge on any atom is -0.469 e. The smallest absolute Gasteiger partial charge is 0.305 e. The normalized spacial score (nSPS) is 12.2. The molecule has 1 aromatic rings. The van der Waals surface area contributed by atoms with E-state index in [-0.39, 0.29) is 12.4 Å². The molecule has 1 unspecified atom stereocenters. The van der Waals surface area contributed by atoms with E-state index in [0.717, 1.165) is 17.4 Å². The van der Waals surface area contributed by atoms with Gasteiger partial charge in [0.2, 0.25) is 0 Å². The third-order valence-electron chi connectivity index (χ3n) is 2.77. The molecule has 1 atom stereocenters. The van der Waals surface area contributed by atoms with Crippen molar-refractivity contribution in [1.29, 1.82) is 0 Å². The zero-order valence-electron chi connectivity index (χ0n) is 11.1. The van der Waals surface area contributed by atoms with Crippen LogP contribution in [0.1, 0.15) is 18.4 Å². The minimum atomic E-state index is -0.512. The van der Waals surface area contributed by atoms with Crippen LogP contribution in [0, 0.1) is 0 Å². The molecule has 0 spiro atoms. The molecule has 19 heavy (non-hydrogen) atoms. The molecule has 0 radical (unpaired) electrons. The first-order valence-corrected chi connectivity index (χ1v) is 7.11. The Morgan fingerprint density at radius 2 is 2.32 bits per heavy atom. The third-order valence-corrected chi connectivity index (χ3v) is 3.26. The van der Waals surface area contributed by atoms with Crippen LogP contribution in [-0.2, 0) is 16.0 Å². The largest absolute Gasteiger partial charge is 0.469 e. The van der Waals surface area contributed by atoms with Gasteiger partial charge in [0, 0.05) is 17.4 Å². The number of methoxy groups -OCH3 is 1. The Morgan fingerprint density at radius 1 is 1.53 bits per heavy atom. The first-order chi connectivity index (χ1) is 9.11. The molecule has 1 aromatic carbocycles. The first kappa shape index (κ1) is 16.1. The Morgan fingerprint density at radius 3 is 3.00 bits per heavy atom. The maximum atomic E-state index is 10.9. The van der Waals surface area contributed by atoms with Gasteiger partial charge in [-0.05, 0) is 37.1 Å². The molecule has 1 rings (SSSR count). The van der Waals surface area contributed by atoms with E-state index in [2.05, 4.69) is 38.1 Å². The predicted octanol–water partition coefficient (Wildman–Crippen LogP) is 1.90. The number of aliphatic hydroxyl groups excluding tert-OH is 1. The monoisotopic (exact) mass is 329 g/mol. The first-order valence-electron chi connectivity index (χ1n) is 6.32. The van der Waals surface area contributed by atoms with Gasteiger partial charge in [0.15, 0.2) is 0 Å². The number of carbonyl (C=O) groups is 1. The molecule has 2 N–H and O–H groups in total. The van der Waals surface area contributed by atoms with Crippen LogP contribution < -0.4 is 5.32 Å². The van der Waals surface area contributed by atoms with E-state index in [0.29, 0.717) is 13.0 Å². The summed E-state index contributed by atoms with van der Waals surface area (Å²) in [6.45, 7) is 1.29. The van der Waals surface area contributed by atoms with Crippen LogP contribution >= 0.6 is 15.9 Å². The molecular formula is C14H20BrNO3. The third kappa shape index (κ3) is 7.30. The highest BCUT2D eigenvalue weighted by molar-refractivity contribution is 9.10. The van der Waals surface area contributed by atoms with Crippen molar-refractivity contribution in [3.8, 4) is 0 Å². The molecule has 0 saturated carbocycles. The fourth-order valence-electron chi connectivity index (χ4n) is 1.68. The SMILES string of the molecule is COC(=O)CCC(O)CNCCc1cccc(Br)c1. The van der Waals surface area contributed by atoms with E-state index < -0.39 is 6.10 Å². The Hall–Kier alpha value is -0.910. The molecule has 0 heterocycles. The fourth-order valence-corrected chi connectivity index (χ4v) is 2.13. The van der Waals surface area contributed by atoms with E-state index >= 15 is 0 Å². The summed E-state index contributed by atoms with van der Waals surface area (Å²) in [6, 6.07) is 8.15. The van der Waals surface area contributed by atoms with E-state index in [4.69, 9.17) is 0 Å². The van der Waals surface area contributed by atoms with Crippen LogP contribution in [0.4, 0.5) is 0 Å². The molecule has 0 fully saturated rings. The van der Waals surface area contributed by atoms with Crippen molar-refractivity contribution in [2.24, 2.45) is 0 Å². The van der Waals surface area contributed by atoms with Gasteiger partial charge in [0.25, 0.3) is 0 Å². The number of ether oxygens (including phenoxy) is 1. The fraction of sp³-hybridized carbons (Fsp3) is 0.500. The van der Waals surface area contributed by atoms with Gasteiger partial charge in [-0.2, -0.15) is 0 Å². The summed E-state index contributed by atoms with van der Waals surface area (Å²) >= 11 is 3.43. The van der Waals surface area contributed by atoms with Crippen LogP contribution in [0.15, 0.2) is 28.7 Å². The molecule has 106 valence electrons. The lowest BCUT2D eigenvalue weighted by Gasteiger charge is -2.11. The van der Waals surface area contributed by atoms with Crippen molar-refractivity contribution >= 4 is 21.9 Å². The maximum absolute atomic E-state index is 10.9. The van der Waals surface area contributed by atoms with Gasteiger partial charge in [-0.3, -0.25) is 4.79 Å². The van der Waals surface area contributed by atoms with E-state index in [1.807, 2.05) is 12.1 Å². The molecule has 0 aliphatic carbocycles. The van der Waals surface area contributed by atoms with Gasteiger partial charge in [0.1, 0.15) is 0 Å². The number of halogens is 1. The lowest BCUT2D eigenvalue weighted by atomic mass is 10.1. The highest BCUT2D eigenvalue weighted by atomic mass is 79.9. The summed E-state index contributed by atoms with van der Waals surface area (Å²) in [5, 5.41) is 12.8. The molecule has 0 saturated heterocycles. The lowest BCUT2D eigenvalue weighted by molar-refractivity contribution is -0.141. The summed E-state index contributed by atoms with van der Waals surface area (Å²) in [4.78, 5) is 10.9. The average molecular weight is 330 g/mol. The zero-order chi connectivity index (χ0) is 14.1. The van der Waals surface area contributed by atoms with E-state index in [1.165, 1.54) is 12.7 Å². The standard InChI is InChI=1S/C14H20BrNO3/c1-19-14(18)6-5-13(17)10-16-8-7-11-3-2-4-12(15)9-11/h2-4,9,13,16-17H,5-8,10H2,1H3. The molecule has 4 nitrogen and oxygen atoms in total. The Balaban J connectivity index is 2.11. The van der Waals surface area contributed by atoms with Crippen molar-refractivity contribution in [2.75, 3.05) is 20.2 Å². The number of rotatable bonds is 8. The van der Waals surface area contributed by atoms with Gasteiger partial charge >= 0.3 is 5.97 Å². The topological polar surface area (TPSA) is 58.6 Å². The number of benzene rings is 1. The van der Waals surface area contributed by atoms with Crippen LogP contribution in [0.25, 0.3) is 0 Å². The molecule has 0 aliphatic rings. The van der Waals surface area contributed by atoms with Gasteiger partial charge in [-0.15, -0.1) is 0 Å². The number of esters is 1. The highest BCUT2D eigenvalue weighted by Gasteiger charge is 2.07. The van der Waals surface area contributed by atoms with E-state index in [1.54, 1.807) is 0 Å². The second-order valence-corrected chi connectivity index (χ2v) is 5.27. The lowest BCUT2D eigenvalue weighted by Crippen LogP contribution is -2.29. The van der Waals surface area contributed by atoms with Crippen LogP contribution in [-0.4, -0.2) is 37.4 Å². The number of hydrogen-bond acceptors (Lipinski definition) is 4. The zero-order valence-corrected chi connectivity index (χ0v) is 12.6. The van der Waals surface area contributed by atoms with Crippen molar-refractivity contribution in [3.05, 3.63) is 34.3 Å². The van der Waals surface area contributed by atoms with Crippen LogP contribution in [0.5, 0.6) is 0 Å². The molecule has 0 bridgehead atoms. The summed E-state index contributed by atoms with van der Waals surface area (Å²) in [7, 11) is 1.35. The second-order valence-electron chi connectivity index (χ2n) is 4.35. The molecule has 5 heteroatoms. The van der Waals surface area contributed by atoms with Crippen LogP contribution in [0.3, 0.4) is 0 Å². The van der Waals surface area contributed by atoms with Crippen LogP contribution in [0.2, 0.25) is 0 Å². The molecular weight excluding hydrogens is 310 g/mol. The predicted molar refractivity (Wildman–Crippen MR) is 78.0 cm³/mol. The Labute approximate surface area is 122 Å². The Bertz CT molecular complexity index is 398. The van der Waals surface area contributed by atoms with E-state index in [9.17, 15) is 9.90 Å². The minimum absolute atomic E-state index is 0.255. The summed E-state index contributed by atoms with van der Waals surface area (Å²) in [5.41, 5.74) is 1.24. The summed E-state index contributed by atoms with van der Waals surface area (Å²) in [6.07, 6.45) is 1.08. The molecule has 0 amide bonds. The highest BCUT2D eigenvalue weighted by Crippen LogP contribution is 2.11. The van der Waals surface area contributed by atoms with Crippen molar-refractivity contribution < 1.29 is 14.6 Å². The number of nitrogens with one attached hydrogen (secondary N) is 1. The number of aliphatic hydroxyl groups is 1. The van der Waals surface area contributed by atoms with Gasteiger partial charge in [0.05, 0.1) is 13.2 Å². The Kier molecular flexibility index (Phi) is 7.70. The second kappa shape index (κ2) is 9.07.